The molecule has 0 unspecified atom stereocenters. The number of hydrogen-bond donors (Lipinski definition) is 0. The minimum Gasteiger partial charge on any atom is -0.496 e. The van der Waals surface area contributed by atoms with Gasteiger partial charge in [0.05, 0.1) is 7.11 Å². The van der Waals surface area contributed by atoms with Crippen molar-refractivity contribution >= 4 is 0 Å². The summed E-state index contributed by atoms with van der Waals surface area (Å²) in [4.78, 5) is 0. The SMILES string of the molecule is CC.CC.CCC.COc1cccc(C)c1C. The fraction of sp³-hybridized carbons (Fsp3) is 0.625. The average Bonchev–Trinajstić information content (AvgIpc) is 2.38. The minimum atomic E-state index is 0.972. The van der Waals surface area contributed by atoms with E-state index in [2.05, 4.69) is 33.8 Å². The molecule has 0 amide bonds. The number of benzene rings is 1. The third-order valence-corrected chi connectivity index (χ3v) is 1.77. The molecule has 0 bridgehead atoms. The monoisotopic (exact) mass is 240 g/mol. The molecule has 0 saturated heterocycles. The molecule has 102 valence electrons. The van der Waals surface area contributed by atoms with Gasteiger partial charge in [-0.1, -0.05) is 60.1 Å². The van der Waals surface area contributed by atoms with Gasteiger partial charge < -0.3 is 4.74 Å². The van der Waals surface area contributed by atoms with Gasteiger partial charge >= 0.3 is 0 Å². The predicted molar refractivity (Wildman–Crippen MR) is 81.1 cm³/mol. The van der Waals surface area contributed by atoms with Gasteiger partial charge in [0.15, 0.2) is 0 Å². The van der Waals surface area contributed by atoms with E-state index in [1.54, 1.807) is 7.11 Å². The van der Waals surface area contributed by atoms with Crippen LogP contribution in [0.5, 0.6) is 5.75 Å². The first-order chi connectivity index (χ1) is 8.17. The van der Waals surface area contributed by atoms with Gasteiger partial charge in [-0.05, 0) is 31.0 Å². The Hall–Kier alpha value is -0.980. The van der Waals surface area contributed by atoms with Crippen molar-refractivity contribution in [2.75, 3.05) is 7.11 Å². The number of aryl methyl sites for hydroxylation is 1. The molecular weight excluding hydrogens is 208 g/mol. The molecule has 0 heterocycles. The van der Waals surface area contributed by atoms with Gasteiger partial charge in [0.25, 0.3) is 0 Å². The maximum Gasteiger partial charge on any atom is 0.122 e. The molecule has 1 aromatic rings. The summed E-state index contributed by atoms with van der Waals surface area (Å²) < 4.78 is 5.13. The molecule has 0 saturated carbocycles. The summed E-state index contributed by atoms with van der Waals surface area (Å²) >= 11 is 0. The Morgan fingerprint density at radius 1 is 0.941 bits per heavy atom. The van der Waals surface area contributed by atoms with Gasteiger partial charge in [0.1, 0.15) is 5.75 Å². The lowest BCUT2D eigenvalue weighted by Crippen LogP contribution is -1.88. The van der Waals surface area contributed by atoms with E-state index in [4.69, 9.17) is 4.74 Å². The Morgan fingerprint density at radius 2 is 1.35 bits per heavy atom. The molecule has 1 heteroatoms. The first kappa shape index (κ1) is 21.3. The van der Waals surface area contributed by atoms with Crippen LogP contribution in [-0.4, -0.2) is 7.11 Å². The van der Waals surface area contributed by atoms with E-state index in [0.717, 1.165) is 5.75 Å². The number of hydrogen-bond acceptors (Lipinski definition) is 1. The quantitative estimate of drug-likeness (QED) is 0.604. The predicted octanol–water partition coefficient (Wildman–Crippen LogP) is 5.78. The Kier molecular flexibility index (Phi) is 21.8. The van der Waals surface area contributed by atoms with E-state index in [1.807, 2.05) is 39.8 Å². The number of ether oxygens (including phenoxy) is 1. The highest BCUT2D eigenvalue weighted by molar-refractivity contribution is 5.37. The lowest BCUT2D eigenvalue weighted by molar-refractivity contribution is 0.411. The smallest absolute Gasteiger partial charge is 0.122 e. The Bertz CT molecular complexity index is 241. The Balaban J connectivity index is -0.000000239. The van der Waals surface area contributed by atoms with Crippen LogP contribution in [0.4, 0.5) is 0 Å². The third-order valence-electron chi connectivity index (χ3n) is 1.77. The lowest BCUT2D eigenvalue weighted by atomic mass is 10.1. The molecule has 0 aliphatic heterocycles. The van der Waals surface area contributed by atoms with E-state index in [9.17, 15) is 0 Å². The van der Waals surface area contributed by atoms with Crippen LogP contribution in [0.2, 0.25) is 0 Å². The summed E-state index contributed by atoms with van der Waals surface area (Å²) in [6.45, 7) is 16.4. The topological polar surface area (TPSA) is 9.23 Å². The maximum atomic E-state index is 5.13. The summed E-state index contributed by atoms with van der Waals surface area (Å²) in [7, 11) is 1.70. The molecular formula is C16H32O. The van der Waals surface area contributed by atoms with Crippen LogP contribution in [-0.2, 0) is 0 Å². The number of rotatable bonds is 1. The van der Waals surface area contributed by atoms with E-state index >= 15 is 0 Å². The molecule has 17 heavy (non-hydrogen) atoms. The van der Waals surface area contributed by atoms with Crippen molar-refractivity contribution in [3.8, 4) is 5.75 Å². The molecule has 0 N–H and O–H groups in total. The van der Waals surface area contributed by atoms with Gasteiger partial charge in [-0.2, -0.15) is 0 Å². The van der Waals surface area contributed by atoms with Gasteiger partial charge in [-0.15, -0.1) is 0 Å². The van der Waals surface area contributed by atoms with Gasteiger partial charge in [0, 0.05) is 0 Å². The average molecular weight is 240 g/mol. The zero-order valence-corrected chi connectivity index (χ0v) is 13.3. The van der Waals surface area contributed by atoms with Crippen LogP contribution >= 0.6 is 0 Å². The second-order valence-electron chi connectivity index (χ2n) is 3.11. The molecule has 0 aliphatic carbocycles. The first-order valence-corrected chi connectivity index (χ1v) is 6.77. The van der Waals surface area contributed by atoms with Crippen molar-refractivity contribution in [3.05, 3.63) is 29.3 Å². The molecule has 1 aromatic carbocycles. The normalized spacial score (nSPS) is 7.35. The third kappa shape index (κ3) is 11.3. The van der Waals surface area contributed by atoms with Crippen molar-refractivity contribution in [2.45, 2.75) is 61.8 Å². The Morgan fingerprint density at radius 3 is 1.65 bits per heavy atom. The summed E-state index contributed by atoms with van der Waals surface area (Å²) in [6, 6.07) is 6.06. The summed E-state index contributed by atoms with van der Waals surface area (Å²) in [5, 5.41) is 0. The van der Waals surface area contributed by atoms with Crippen LogP contribution in [0.15, 0.2) is 18.2 Å². The largest absolute Gasteiger partial charge is 0.496 e. The van der Waals surface area contributed by atoms with Crippen LogP contribution in [0, 0.1) is 13.8 Å². The highest BCUT2D eigenvalue weighted by Gasteiger charge is 1.97. The molecule has 0 spiro atoms. The molecule has 0 atom stereocenters. The highest BCUT2D eigenvalue weighted by Crippen LogP contribution is 2.19. The van der Waals surface area contributed by atoms with E-state index in [0.29, 0.717) is 0 Å². The van der Waals surface area contributed by atoms with Crippen LogP contribution < -0.4 is 4.74 Å². The molecule has 0 aliphatic rings. The van der Waals surface area contributed by atoms with Gasteiger partial charge in [-0.3, -0.25) is 0 Å². The standard InChI is InChI=1S/C9H12O.C3H8.2C2H6/c1-7-5-4-6-9(10-3)8(7)2;1-3-2;2*1-2/h4-6H,1-3H3;3H2,1-2H3;2*1-2H3. The number of methoxy groups -OCH3 is 1. The fourth-order valence-corrected chi connectivity index (χ4v) is 0.945. The van der Waals surface area contributed by atoms with E-state index in [1.165, 1.54) is 17.5 Å². The highest BCUT2D eigenvalue weighted by atomic mass is 16.5. The van der Waals surface area contributed by atoms with E-state index in [-0.39, 0.29) is 0 Å². The van der Waals surface area contributed by atoms with Crippen molar-refractivity contribution in [2.24, 2.45) is 0 Å². The van der Waals surface area contributed by atoms with Crippen LogP contribution in [0.3, 0.4) is 0 Å². The van der Waals surface area contributed by atoms with Crippen molar-refractivity contribution in [3.63, 3.8) is 0 Å². The van der Waals surface area contributed by atoms with Crippen molar-refractivity contribution < 1.29 is 4.74 Å². The summed E-state index contributed by atoms with van der Waals surface area (Å²) in [6.07, 6.45) is 1.25. The minimum absolute atomic E-state index is 0.972. The zero-order chi connectivity index (χ0) is 14.3. The van der Waals surface area contributed by atoms with Crippen molar-refractivity contribution in [1.82, 2.24) is 0 Å². The molecule has 0 fully saturated rings. The molecule has 0 aromatic heterocycles. The molecule has 0 radical (unpaired) electrons. The van der Waals surface area contributed by atoms with Crippen LogP contribution in [0.1, 0.15) is 59.1 Å². The summed E-state index contributed by atoms with van der Waals surface area (Å²) in [5.74, 6) is 0.972. The summed E-state index contributed by atoms with van der Waals surface area (Å²) in [5.41, 5.74) is 2.50. The Labute approximate surface area is 109 Å². The van der Waals surface area contributed by atoms with Gasteiger partial charge in [0.2, 0.25) is 0 Å². The van der Waals surface area contributed by atoms with Crippen molar-refractivity contribution in [1.29, 1.82) is 0 Å². The van der Waals surface area contributed by atoms with E-state index < -0.39 is 0 Å². The lowest BCUT2D eigenvalue weighted by Gasteiger charge is -2.05. The molecule has 1 nitrogen and oxygen atoms in total. The second kappa shape index (κ2) is 17.4. The van der Waals surface area contributed by atoms with Gasteiger partial charge in [-0.25, -0.2) is 0 Å². The molecule has 1 rings (SSSR count). The fourth-order valence-electron chi connectivity index (χ4n) is 0.945. The van der Waals surface area contributed by atoms with Crippen LogP contribution in [0.25, 0.3) is 0 Å². The maximum absolute atomic E-state index is 5.13. The zero-order valence-electron chi connectivity index (χ0n) is 13.3. The first-order valence-electron chi connectivity index (χ1n) is 6.77. The second-order valence-corrected chi connectivity index (χ2v) is 3.11.